The lowest BCUT2D eigenvalue weighted by molar-refractivity contribution is 0.0697. The highest BCUT2D eigenvalue weighted by atomic mass is 35.5. The Morgan fingerprint density at radius 1 is 1.31 bits per heavy atom. The number of carbonyl (C=O) groups is 1. The van der Waals surface area contributed by atoms with Crippen molar-refractivity contribution in [2.24, 2.45) is 5.92 Å². The number of halogens is 2. The number of fused-ring (bicyclic) bond motifs is 2. The molecule has 150 valence electrons. The Balaban J connectivity index is 2.00. The van der Waals surface area contributed by atoms with Crippen LogP contribution in [-0.2, 0) is 0 Å². The van der Waals surface area contributed by atoms with Crippen LogP contribution in [0.25, 0.3) is 5.70 Å². The summed E-state index contributed by atoms with van der Waals surface area (Å²) in [4.78, 5) is 16.5. The van der Waals surface area contributed by atoms with Crippen molar-refractivity contribution in [2.45, 2.75) is 25.2 Å². The molecule has 7 heteroatoms. The third-order valence-corrected chi connectivity index (χ3v) is 7.08. The number of nitrogens with zero attached hydrogens (tertiary/aromatic N) is 1. The van der Waals surface area contributed by atoms with Crippen molar-refractivity contribution in [2.75, 3.05) is 11.4 Å². The van der Waals surface area contributed by atoms with E-state index in [0.717, 1.165) is 31.6 Å². The van der Waals surface area contributed by atoms with Crippen molar-refractivity contribution >= 4 is 52.1 Å². The minimum absolute atomic E-state index is 0.231. The zero-order chi connectivity index (χ0) is 20.7. The van der Waals surface area contributed by atoms with Crippen molar-refractivity contribution in [3.63, 3.8) is 0 Å². The lowest BCUT2D eigenvalue weighted by Gasteiger charge is -2.30. The second-order valence-electron chi connectivity index (χ2n) is 7.33. The smallest absolute Gasteiger partial charge is 0.335 e. The van der Waals surface area contributed by atoms with Crippen molar-refractivity contribution in [3.8, 4) is 0 Å². The summed E-state index contributed by atoms with van der Waals surface area (Å²) in [7, 11) is 0. The maximum Gasteiger partial charge on any atom is 0.335 e. The highest BCUT2D eigenvalue weighted by Crippen LogP contribution is 2.50. The number of rotatable bonds is 4. The molecule has 1 N–H and O–H groups in total. The highest BCUT2D eigenvalue weighted by molar-refractivity contribution is 8.03. The van der Waals surface area contributed by atoms with Gasteiger partial charge in [-0.25, -0.2) is 9.18 Å². The molecule has 2 aliphatic rings. The predicted molar refractivity (Wildman–Crippen MR) is 120 cm³/mol. The van der Waals surface area contributed by atoms with Gasteiger partial charge in [0.2, 0.25) is 0 Å². The first-order valence-corrected chi connectivity index (χ1v) is 11.2. The van der Waals surface area contributed by atoms with E-state index in [1.807, 2.05) is 18.2 Å². The van der Waals surface area contributed by atoms with Gasteiger partial charge >= 0.3 is 5.97 Å². The molecule has 0 atom stereocenters. The Hall–Kier alpha value is -2.02. The number of carboxylic acid groups (broad SMARTS) is 1. The van der Waals surface area contributed by atoms with Crippen LogP contribution in [0.1, 0.15) is 35.5 Å². The zero-order valence-electron chi connectivity index (χ0n) is 15.9. The normalized spacial score (nSPS) is 16.2. The van der Waals surface area contributed by atoms with Gasteiger partial charge in [-0.15, -0.1) is 11.3 Å². The average Bonchev–Trinajstić information content (AvgIpc) is 3.03. The fourth-order valence-corrected chi connectivity index (χ4v) is 5.75. The van der Waals surface area contributed by atoms with Crippen LogP contribution in [0, 0.1) is 5.92 Å². The lowest BCUT2D eigenvalue weighted by Crippen LogP contribution is -2.27. The zero-order valence-corrected chi connectivity index (χ0v) is 18.3. The van der Waals surface area contributed by atoms with Gasteiger partial charge in [-0.3, -0.25) is 0 Å². The standard InChI is InChI=1S/C22H19ClFNO2S2/c1-12(2)11-25-16-9-13(22(26)27)3-6-17(16)28-19-10-14(24)4-5-15(19)21(25)18-7-8-20(23)29-18/h3-4,6-10,12H,5,11H2,1-2H3,(H,26,27). The van der Waals surface area contributed by atoms with Gasteiger partial charge in [-0.05, 0) is 60.4 Å². The maximum atomic E-state index is 14.1. The molecule has 29 heavy (non-hydrogen) atoms. The molecule has 0 radical (unpaired) electrons. The van der Waals surface area contributed by atoms with E-state index >= 15 is 0 Å². The molecule has 3 nitrogen and oxygen atoms in total. The highest BCUT2D eigenvalue weighted by Gasteiger charge is 2.30. The fourth-order valence-electron chi connectivity index (χ4n) is 3.50. The van der Waals surface area contributed by atoms with E-state index in [2.05, 4.69) is 18.7 Å². The Bertz CT molecular complexity index is 1080. The van der Waals surface area contributed by atoms with E-state index in [0.29, 0.717) is 23.2 Å². The van der Waals surface area contributed by atoms with Gasteiger partial charge in [0.05, 0.1) is 26.2 Å². The van der Waals surface area contributed by atoms with Gasteiger partial charge in [-0.1, -0.05) is 37.2 Å². The number of carboxylic acids is 1. The summed E-state index contributed by atoms with van der Waals surface area (Å²) in [5.41, 5.74) is 3.06. The average molecular weight is 448 g/mol. The van der Waals surface area contributed by atoms with Gasteiger partial charge in [0.1, 0.15) is 5.83 Å². The molecular weight excluding hydrogens is 429 g/mol. The first-order valence-electron chi connectivity index (χ1n) is 9.23. The van der Waals surface area contributed by atoms with Crippen molar-refractivity contribution in [1.82, 2.24) is 0 Å². The fraction of sp³-hybridized carbons (Fsp3) is 0.227. The second-order valence-corrected chi connectivity index (χ2v) is 10.1. The summed E-state index contributed by atoms with van der Waals surface area (Å²) in [6.45, 7) is 4.95. The van der Waals surface area contributed by atoms with Gasteiger partial charge in [0.25, 0.3) is 0 Å². The summed E-state index contributed by atoms with van der Waals surface area (Å²) in [5.74, 6) is -0.890. The van der Waals surface area contributed by atoms with Crippen LogP contribution in [0.5, 0.6) is 0 Å². The summed E-state index contributed by atoms with van der Waals surface area (Å²) in [6, 6.07) is 8.97. The number of thioether (sulfide) groups is 1. The van der Waals surface area contributed by atoms with E-state index in [9.17, 15) is 14.3 Å². The molecule has 0 amide bonds. The van der Waals surface area contributed by atoms with Crippen molar-refractivity contribution in [1.29, 1.82) is 0 Å². The molecule has 2 aromatic rings. The predicted octanol–water partition coefficient (Wildman–Crippen LogP) is 7.22. The maximum absolute atomic E-state index is 14.1. The molecule has 2 heterocycles. The minimum Gasteiger partial charge on any atom is -0.478 e. The van der Waals surface area contributed by atoms with Gasteiger partial charge in [0.15, 0.2) is 0 Å². The quantitative estimate of drug-likeness (QED) is 0.537. The monoisotopic (exact) mass is 447 g/mol. The van der Waals surface area contributed by atoms with Crippen LogP contribution in [0.2, 0.25) is 4.34 Å². The van der Waals surface area contributed by atoms with Gasteiger partial charge in [0, 0.05) is 16.3 Å². The number of thiophene rings is 1. The minimum atomic E-state index is -0.968. The van der Waals surface area contributed by atoms with Crippen LogP contribution < -0.4 is 4.90 Å². The molecule has 0 spiro atoms. The molecule has 1 aromatic heterocycles. The molecule has 4 rings (SSSR count). The number of aromatic carboxylic acids is 1. The molecule has 1 aromatic carbocycles. The Morgan fingerprint density at radius 3 is 2.76 bits per heavy atom. The third-order valence-electron chi connectivity index (χ3n) is 4.69. The molecule has 0 unspecified atom stereocenters. The van der Waals surface area contributed by atoms with Crippen LogP contribution in [0.3, 0.4) is 0 Å². The summed E-state index contributed by atoms with van der Waals surface area (Å²) in [5, 5.41) is 9.53. The summed E-state index contributed by atoms with van der Waals surface area (Å²) < 4.78 is 14.8. The Morgan fingerprint density at radius 2 is 2.10 bits per heavy atom. The Labute approximate surface area is 182 Å². The summed E-state index contributed by atoms with van der Waals surface area (Å²) >= 11 is 9.20. The van der Waals surface area contributed by atoms with Crippen LogP contribution >= 0.6 is 34.7 Å². The van der Waals surface area contributed by atoms with Crippen molar-refractivity contribution < 1.29 is 14.3 Å². The van der Waals surface area contributed by atoms with Gasteiger partial charge in [-0.2, -0.15) is 0 Å². The Kier molecular flexibility index (Phi) is 5.60. The molecular formula is C22H19ClFNO2S2. The third kappa shape index (κ3) is 4.02. The molecule has 0 fully saturated rings. The molecule has 0 saturated heterocycles. The van der Waals surface area contributed by atoms with E-state index in [4.69, 9.17) is 11.6 Å². The molecule has 0 saturated carbocycles. The first kappa shape index (κ1) is 20.3. The second kappa shape index (κ2) is 8.01. The van der Waals surface area contributed by atoms with E-state index in [-0.39, 0.29) is 11.4 Å². The number of allylic oxidation sites excluding steroid dienone is 4. The van der Waals surface area contributed by atoms with E-state index < -0.39 is 5.97 Å². The molecule has 1 aliphatic heterocycles. The first-order chi connectivity index (χ1) is 13.8. The number of benzene rings is 1. The number of hydrogen-bond acceptors (Lipinski definition) is 4. The van der Waals surface area contributed by atoms with Crippen LogP contribution in [0.15, 0.2) is 63.7 Å². The largest absolute Gasteiger partial charge is 0.478 e. The van der Waals surface area contributed by atoms with Gasteiger partial charge < -0.3 is 10.0 Å². The topological polar surface area (TPSA) is 40.5 Å². The molecule has 0 bridgehead atoms. The lowest BCUT2D eigenvalue weighted by atomic mass is 10.0. The SMILES string of the molecule is CC(C)CN1C(c2ccc(Cl)s2)=C2CC=C(F)C=C2Sc2ccc(C(=O)O)cc21. The van der Waals surface area contributed by atoms with E-state index in [1.165, 1.54) is 23.1 Å². The summed E-state index contributed by atoms with van der Waals surface area (Å²) in [6.07, 6.45) is 3.62. The van der Waals surface area contributed by atoms with E-state index in [1.54, 1.807) is 24.3 Å². The molecule has 1 aliphatic carbocycles. The number of hydrogen-bond donors (Lipinski definition) is 1. The van der Waals surface area contributed by atoms with Crippen LogP contribution in [0.4, 0.5) is 10.1 Å². The van der Waals surface area contributed by atoms with Crippen LogP contribution in [-0.4, -0.2) is 17.6 Å². The number of anilines is 1. The van der Waals surface area contributed by atoms with Crippen molar-refractivity contribution in [3.05, 3.63) is 73.6 Å².